The van der Waals surface area contributed by atoms with Gasteiger partial charge in [-0.1, -0.05) is 74.5 Å². The van der Waals surface area contributed by atoms with Crippen LogP contribution in [0.4, 0.5) is 0 Å². The van der Waals surface area contributed by atoms with Gasteiger partial charge in [0.05, 0.1) is 5.92 Å². The Balaban J connectivity index is 2.01. The molecule has 0 fully saturated rings. The summed E-state index contributed by atoms with van der Waals surface area (Å²) in [6, 6.07) is 18.8. The average Bonchev–Trinajstić information content (AvgIpc) is 2.56. The summed E-state index contributed by atoms with van der Waals surface area (Å²) in [7, 11) is 0. The molecule has 2 rings (SSSR count). The lowest BCUT2D eigenvalue weighted by molar-refractivity contribution is -0.139. The van der Waals surface area contributed by atoms with Crippen molar-refractivity contribution < 1.29 is 14.7 Å². The first-order chi connectivity index (χ1) is 11.4. The number of aliphatic carboxylic acids is 1. The molecule has 0 spiro atoms. The maximum absolute atomic E-state index is 12.5. The summed E-state index contributed by atoms with van der Waals surface area (Å²) in [4.78, 5) is 24.0. The maximum atomic E-state index is 12.5. The SMILES string of the molecule is CC(C)(Cc1ccccc1)C(=O)NCC(C(=O)O)c1ccccc1. The highest BCUT2D eigenvalue weighted by Gasteiger charge is 2.29. The van der Waals surface area contributed by atoms with Gasteiger partial charge in [-0.05, 0) is 17.5 Å². The third-order valence-electron chi connectivity index (χ3n) is 4.07. The van der Waals surface area contributed by atoms with E-state index in [4.69, 9.17) is 0 Å². The molecule has 1 atom stereocenters. The zero-order chi connectivity index (χ0) is 17.6. The highest BCUT2D eigenvalue weighted by atomic mass is 16.4. The van der Waals surface area contributed by atoms with Gasteiger partial charge >= 0.3 is 5.97 Å². The van der Waals surface area contributed by atoms with Gasteiger partial charge in [0.2, 0.25) is 5.91 Å². The Morgan fingerprint density at radius 3 is 2.08 bits per heavy atom. The number of rotatable bonds is 7. The number of nitrogens with one attached hydrogen (secondary N) is 1. The van der Waals surface area contributed by atoms with E-state index in [1.165, 1.54) is 0 Å². The van der Waals surface area contributed by atoms with Gasteiger partial charge in [0.25, 0.3) is 0 Å². The van der Waals surface area contributed by atoms with E-state index in [9.17, 15) is 14.7 Å². The molecule has 2 aromatic carbocycles. The van der Waals surface area contributed by atoms with Crippen molar-refractivity contribution >= 4 is 11.9 Å². The van der Waals surface area contributed by atoms with Crippen LogP contribution in [0.1, 0.15) is 30.9 Å². The Bertz CT molecular complexity index is 681. The summed E-state index contributed by atoms with van der Waals surface area (Å²) in [5.41, 5.74) is 1.16. The van der Waals surface area contributed by atoms with Gasteiger partial charge in [-0.3, -0.25) is 9.59 Å². The third kappa shape index (κ3) is 4.69. The first kappa shape index (κ1) is 17.7. The Kier molecular flexibility index (Phi) is 5.74. The third-order valence-corrected chi connectivity index (χ3v) is 4.07. The maximum Gasteiger partial charge on any atom is 0.312 e. The molecule has 0 saturated carbocycles. The minimum Gasteiger partial charge on any atom is -0.481 e. The van der Waals surface area contributed by atoms with Gasteiger partial charge in [0.1, 0.15) is 0 Å². The zero-order valence-corrected chi connectivity index (χ0v) is 14.0. The summed E-state index contributed by atoms with van der Waals surface area (Å²) in [6.45, 7) is 3.82. The highest BCUT2D eigenvalue weighted by Crippen LogP contribution is 2.23. The summed E-state index contributed by atoms with van der Waals surface area (Å²) in [5.74, 6) is -1.83. The molecular formula is C20H23NO3. The molecule has 4 heteroatoms. The molecular weight excluding hydrogens is 302 g/mol. The number of carboxylic acids is 1. The minimum absolute atomic E-state index is 0.0798. The second-order valence-corrected chi connectivity index (χ2v) is 6.56. The lowest BCUT2D eigenvalue weighted by atomic mass is 9.84. The van der Waals surface area contributed by atoms with Crippen LogP contribution in [0.15, 0.2) is 60.7 Å². The van der Waals surface area contributed by atoms with Crippen LogP contribution < -0.4 is 5.32 Å². The smallest absolute Gasteiger partial charge is 0.312 e. The van der Waals surface area contributed by atoms with E-state index in [1.807, 2.05) is 50.2 Å². The van der Waals surface area contributed by atoms with Gasteiger partial charge in [0, 0.05) is 12.0 Å². The zero-order valence-electron chi connectivity index (χ0n) is 14.0. The Hall–Kier alpha value is -2.62. The van der Waals surface area contributed by atoms with Crippen molar-refractivity contribution in [2.45, 2.75) is 26.2 Å². The Morgan fingerprint density at radius 1 is 1.00 bits per heavy atom. The average molecular weight is 325 g/mol. The van der Waals surface area contributed by atoms with Crippen LogP contribution in [0.3, 0.4) is 0 Å². The number of benzene rings is 2. The van der Waals surface area contributed by atoms with E-state index in [0.29, 0.717) is 12.0 Å². The fourth-order valence-electron chi connectivity index (χ4n) is 2.65. The van der Waals surface area contributed by atoms with E-state index >= 15 is 0 Å². The normalized spacial score (nSPS) is 12.4. The second kappa shape index (κ2) is 7.77. The van der Waals surface area contributed by atoms with Gasteiger partial charge < -0.3 is 10.4 Å². The van der Waals surface area contributed by atoms with Crippen molar-refractivity contribution in [1.29, 1.82) is 0 Å². The predicted molar refractivity (Wildman–Crippen MR) is 93.8 cm³/mol. The fourth-order valence-corrected chi connectivity index (χ4v) is 2.65. The summed E-state index contributed by atoms with van der Waals surface area (Å²) >= 11 is 0. The summed E-state index contributed by atoms with van der Waals surface area (Å²) < 4.78 is 0. The van der Waals surface area contributed by atoms with Crippen molar-refractivity contribution in [2.75, 3.05) is 6.54 Å². The molecule has 0 aliphatic rings. The van der Waals surface area contributed by atoms with Gasteiger partial charge in [-0.25, -0.2) is 0 Å². The molecule has 1 unspecified atom stereocenters. The van der Waals surface area contributed by atoms with Crippen molar-refractivity contribution in [3.63, 3.8) is 0 Å². The molecule has 0 aliphatic heterocycles. The topological polar surface area (TPSA) is 66.4 Å². The quantitative estimate of drug-likeness (QED) is 0.821. The number of carbonyl (C=O) groups excluding carboxylic acids is 1. The number of hydrogen-bond acceptors (Lipinski definition) is 2. The van der Waals surface area contributed by atoms with Crippen LogP contribution in [0.2, 0.25) is 0 Å². The van der Waals surface area contributed by atoms with Crippen LogP contribution >= 0.6 is 0 Å². The van der Waals surface area contributed by atoms with Crippen LogP contribution in [0.25, 0.3) is 0 Å². The molecule has 0 radical (unpaired) electrons. The molecule has 0 aliphatic carbocycles. The molecule has 0 saturated heterocycles. The minimum atomic E-state index is -0.942. The predicted octanol–water partition coefficient (Wildman–Crippen LogP) is 3.24. The lowest BCUT2D eigenvalue weighted by Gasteiger charge is -2.25. The summed E-state index contributed by atoms with van der Waals surface area (Å²) in [6.07, 6.45) is 0.600. The standard InChI is InChI=1S/C20H23NO3/c1-20(2,13-15-9-5-3-6-10-15)19(24)21-14-17(18(22)23)16-11-7-4-8-12-16/h3-12,17H,13-14H2,1-2H3,(H,21,24)(H,22,23). The van der Waals surface area contributed by atoms with Crippen molar-refractivity contribution in [3.05, 3.63) is 71.8 Å². The highest BCUT2D eigenvalue weighted by molar-refractivity contribution is 5.83. The molecule has 126 valence electrons. The molecule has 2 N–H and O–H groups in total. The molecule has 0 heterocycles. The van der Waals surface area contributed by atoms with Crippen LogP contribution in [-0.4, -0.2) is 23.5 Å². The van der Waals surface area contributed by atoms with E-state index in [1.54, 1.807) is 24.3 Å². The summed E-state index contributed by atoms with van der Waals surface area (Å²) in [5, 5.41) is 12.2. The Morgan fingerprint density at radius 2 is 1.54 bits per heavy atom. The van der Waals surface area contributed by atoms with E-state index in [0.717, 1.165) is 5.56 Å². The first-order valence-corrected chi connectivity index (χ1v) is 8.00. The van der Waals surface area contributed by atoms with Crippen molar-refractivity contribution in [3.8, 4) is 0 Å². The fraction of sp³-hybridized carbons (Fsp3) is 0.300. The second-order valence-electron chi connectivity index (χ2n) is 6.56. The number of hydrogen-bond donors (Lipinski definition) is 2. The van der Waals surface area contributed by atoms with Gasteiger partial charge in [-0.15, -0.1) is 0 Å². The Labute approximate surface area is 142 Å². The van der Waals surface area contributed by atoms with Gasteiger partial charge in [-0.2, -0.15) is 0 Å². The molecule has 0 bridgehead atoms. The van der Waals surface area contributed by atoms with Crippen molar-refractivity contribution in [2.24, 2.45) is 5.41 Å². The lowest BCUT2D eigenvalue weighted by Crippen LogP contribution is -2.41. The number of amides is 1. The van der Waals surface area contributed by atoms with E-state index in [-0.39, 0.29) is 12.5 Å². The number of carbonyl (C=O) groups is 2. The van der Waals surface area contributed by atoms with Crippen LogP contribution in [-0.2, 0) is 16.0 Å². The monoisotopic (exact) mass is 325 g/mol. The molecule has 4 nitrogen and oxygen atoms in total. The van der Waals surface area contributed by atoms with Crippen LogP contribution in [0, 0.1) is 5.41 Å². The molecule has 24 heavy (non-hydrogen) atoms. The van der Waals surface area contributed by atoms with Crippen molar-refractivity contribution in [1.82, 2.24) is 5.32 Å². The van der Waals surface area contributed by atoms with Crippen LogP contribution in [0.5, 0.6) is 0 Å². The first-order valence-electron chi connectivity index (χ1n) is 8.00. The molecule has 2 aromatic rings. The molecule has 0 aromatic heterocycles. The molecule has 1 amide bonds. The number of carboxylic acid groups (broad SMARTS) is 1. The van der Waals surface area contributed by atoms with E-state index < -0.39 is 17.3 Å². The largest absolute Gasteiger partial charge is 0.481 e. The van der Waals surface area contributed by atoms with E-state index in [2.05, 4.69) is 5.32 Å². The van der Waals surface area contributed by atoms with Gasteiger partial charge in [0.15, 0.2) is 0 Å².